The van der Waals surface area contributed by atoms with Crippen molar-refractivity contribution >= 4 is 50.7 Å². The van der Waals surface area contributed by atoms with Crippen molar-refractivity contribution in [3.8, 4) is 0 Å². The minimum absolute atomic E-state index is 0.144. The third kappa shape index (κ3) is 8.43. The lowest BCUT2D eigenvalue weighted by atomic mass is 10.0. The first-order chi connectivity index (χ1) is 19.0. The normalized spacial score (nSPS) is 12.0. The van der Waals surface area contributed by atoms with Gasteiger partial charge in [0.1, 0.15) is 18.4 Å². The highest BCUT2D eigenvalue weighted by atomic mass is 35.5. The largest absolute Gasteiger partial charge is 0.354 e. The number of carbonyl (C=O) groups is 2. The molecular weight excluding hydrogens is 576 g/mol. The van der Waals surface area contributed by atoms with Crippen molar-refractivity contribution in [3.05, 3.63) is 99.8 Å². The molecule has 1 N–H and O–H groups in total. The summed E-state index contributed by atoms with van der Waals surface area (Å²) in [5.74, 6) is -1.94. The lowest BCUT2D eigenvalue weighted by Crippen LogP contribution is -2.53. The smallest absolute Gasteiger partial charge is 0.244 e. The molecule has 3 aromatic rings. The van der Waals surface area contributed by atoms with Crippen LogP contribution < -0.4 is 9.62 Å². The molecule has 0 unspecified atom stereocenters. The van der Waals surface area contributed by atoms with E-state index in [4.69, 9.17) is 23.2 Å². The van der Waals surface area contributed by atoms with Crippen LogP contribution in [0.15, 0.2) is 72.8 Å². The molecule has 0 saturated carbocycles. The Labute approximate surface area is 244 Å². The first kappa shape index (κ1) is 31.4. The van der Waals surface area contributed by atoms with Crippen molar-refractivity contribution in [3.63, 3.8) is 0 Å². The quantitative estimate of drug-likeness (QED) is 0.262. The topological polar surface area (TPSA) is 86.8 Å². The molecule has 3 aromatic carbocycles. The van der Waals surface area contributed by atoms with Gasteiger partial charge < -0.3 is 10.2 Å². The van der Waals surface area contributed by atoms with E-state index < -0.39 is 40.2 Å². The third-order valence-corrected chi connectivity index (χ3v) is 8.13. The number of anilines is 1. The summed E-state index contributed by atoms with van der Waals surface area (Å²) >= 11 is 12.9. The molecule has 0 saturated heterocycles. The Hall–Kier alpha value is -3.14. The van der Waals surface area contributed by atoms with E-state index in [2.05, 4.69) is 5.32 Å². The fourth-order valence-electron chi connectivity index (χ4n) is 4.16. The molecule has 0 aromatic heterocycles. The Bertz CT molecular complexity index is 1400. The number of carbonyl (C=O) groups excluding carboxylic acids is 2. The van der Waals surface area contributed by atoms with Crippen molar-refractivity contribution < 1.29 is 22.4 Å². The Morgan fingerprint density at radius 2 is 1.57 bits per heavy atom. The van der Waals surface area contributed by atoms with Crippen LogP contribution in [0.25, 0.3) is 0 Å². The lowest BCUT2D eigenvalue weighted by molar-refractivity contribution is -0.140. The fraction of sp³-hybridized carbons (Fsp3) is 0.310. The summed E-state index contributed by atoms with van der Waals surface area (Å²) in [5, 5.41) is 3.45. The lowest BCUT2D eigenvalue weighted by Gasteiger charge is -2.34. The SMILES string of the molecule is CCCCNC(=O)[C@H](Cc1ccccc1)N(Cc1c(Cl)cccc1Cl)C(=O)CN(c1ccccc1F)S(C)(=O)=O. The monoisotopic (exact) mass is 607 g/mol. The molecule has 11 heteroatoms. The van der Waals surface area contributed by atoms with Crippen molar-refractivity contribution in [2.45, 2.75) is 38.8 Å². The van der Waals surface area contributed by atoms with Crippen LogP contribution in [0, 0.1) is 5.82 Å². The number of benzene rings is 3. The number of amides is 2. The van der Waals surface area contributed by atoms with E-state index in [9.17, 15) is 22.4 Å². The van der Waals surface area contributed by atoms with Crippen LogP contribution in [0.4, 0.5) is 10.1 Å². The predicted octanol–water partition coefficient (Wildman–Crippen LogP) is 5.45. The Kier molecular flexibility index (Phi) is 11.4. The number of hydrogen-bond acceptors (Lipinski definition) is 4. The molecule has 2 amide bonds. The van der Waals surface area contributed by atoms with Crippen molar-refractivity contribution in [1.29, 1.82) is 0 Å². The van der Waals surface area contributed by atoms with Gasteiger partial charge in [-0.3, -0.25) is 13.9 Å². The molecule has 0 spiro atoms. The summed E-state index contributed by atoms with van der Waals surface area (Å²) in [6.45, 7) is 1.48. The van der Waals surface area contributed by atoms with Crippen LogP contribution in [-0.4, -0.2) is 50.5 Å². The third-order valence-electron chi connectivity index (χ3n) is 6.29. The molecule has 0 heterocycles. The summed E-state index contributed by atoms with van der Waals surface area (Å²) in [6, 6.07) is 18.3. The molecule has 40 heavy (non-hydrogen) atoms. The minimum Gasteiger partial charge on any atom is -0.354 e. The summed E-state index contributed by atoms with van der Waals surface area (Å²) in [6.07, 6.45) is 2.63. The Morgan fingerprint density at radius 3 is 2.17 bits per heavy atom. The molecule has 0 aliphatic heterocycles. The summed E-state index contributed by atoms with van der Waals surface area (Å²) in [7, 11) is -4.09. The van der Waals surface area contributed by atoms with Gasteiger partial charge in [0.15, 0.2) is 0 Å². The number of halogens is 3. The number of sulfonamides is 1. The zero-order chi connectivity index (χ0) is 29.3. The highest BCUT2D eigenvalue weighted by Crippen LogP contribution is 2.28. The van der Waals surface area contributed by atoms with Gasteiger partial charge in [-0.2, -0.15) is 0 Å². The maximum Gasteiger partial charge on any atom is 0.244 e. The van der Waals surface area contributed by atoms with Crippen LogP contribution in [0.3, 0.4) is 0 Å². The highest BCUT2D eigenvalue weighted by molar-refractivity contribution is 7.92. The van der Waals surface area contributed by atoms with Gasteiger partial charge >= 0.3 is 0 Å². The van der Waals surface area contributed by atoms with E-state index in [0.29, 0.717) is 16.4 Å². The van der Waals surface area contributed by atoms with Gasteiger partial charge in [-0.15, -0.1) is 0 Å². The zero-order valence-corrected chi connectivity index (χ0v) is 24.6. The molecule has 7 nitrogen and oxygen atoms in total. The van der Waals surface area contributed by atoms with E-state index in [1.54, 1.807) is 18.2 Å². The number of rotatable bonds is 13. The molecular formula is C29H32Cl2FN3O4S. The second kappa shape index (κ2) is 14.5. The van der Waals surface area contributed by atoms with Gasteiger partial charge in [0.05, 0.1) is 11.9 Å². The molecule has 0 bridgehead atoms. The van der Waals surface area contributed by atoms with Gasteiger partial charge in [0.2, 0.25) is 21.8 Å². The van der Waals surface area contributed by atoms with Gasteiger partial charge in [-0.05, 0) is 36.2 Å². The predicted molar refractivity (Wildman–Crippen MR) is 157 cm³/mol. The fourth-order valence-corrected chi connectivity index (χ4v) is 5.53. The maximum atomic E-state index is 14.7. The number of para-hydroxylation sites is 1. The van der Waals surface area contributed by atoms with Crippen LogP contribution in [0.5, 0.6) is 0 Å². The van der Waals surface area contributed by atoms with Gasteiger partial charge in [0.25, 0.3) is 0 Å². The van der Waals surface area contributed by atoms with Gasteiger partial charge in [-0.25, -0.2) is 12.8 Å². The van der Waals surface area contributed by atoms with Crippen LogP contribution in [0.1, 0.15) is 30.9 Å². The molecule has 1 atom stereocenters. The van der Waals surface area contributed by atoms with Crippen LogP contribution >= 0.6 is 23.2 Å². The number of hydrogen-bond donors (Lipinski definition) is 1. The Balaban J connectivity index is 2.09. The first-order valence-electron chi connectivity index (χ1n) is 12.8. The second-order valence-electron chi connectivity index (χ2n) is 9.29. The van der Waals surface area contributed by atoms with E-state index in [0.717, 1.165) is 30.7 Å². The summed E-state index contributed by atoms with van der Waals surface area (Å²) in [4.78, 5) is 28.8. The van der Waals surface area contributed by atoms with Crippen molar-refractivity contribution in [2.75, 3.05) is 23.7 Å². The first-order valence-corrected chi connectivity index (χ1v) is 15.4. The number of nitrogens with one attached hydrogen (secondary N) is 1. The summed E-state index contributed by atoms with van der Waals surface area (Å²) in [5.41, 5.74) is 0.909. The van der Waals surface area contributed by atoms with Crippen molar-refractivity contribution in [2.24, 2.45) is 0 Å². The van der Waals surface area contributed by atoms with E-state index in [-0.39, 0.29) is 28.7 Å². The molecule has 3 rings (SSSR count). The molecule has 0 aliphatic carbocycles. The van der Waals surface area contributed by atoms with Gasteiger partial charge in [0, 0.05) is 35.1 Å². The van der Waals surface area contributed by atoms with Gasteiger partial charge in [-0.1, -0.05) is 85.1 Å². The van der Waals surface area contributed by atoms with E-state index >= 15 is 0 Å². The zero-order valence-electron chi connectivity index (χ0n) is 22.3. The van der Waals surface area contributed by atoms with E-state index in [1.165, 1.54) is 23.1 Å². The second-order valence-corrected chi connectivity index (χ2v) is 12.0. The van der Waals surface area contributed by atoms with E-state index in [1.807, 2.05) is 37.3 Å². The summed E-state index contributed by atoms with van der Waals surface area (Å²) < 4.78 is 40.9. The molecule has 0 fully saturated rings. The molecule has 0 aliphatic rings. The average molecular weight is 609 g/mol. The minimum atomic E-state index is -4.09. The molecule has 214 valence electrons. The standard InChI is InChI=1S/C29H32Cl2FN3O4S/c1-3-4-17-33-29(37)27(18-21-11-6-5-7-12-21)34(19-22-23(30)13-10-14-24(22)31)28(36)20-35(40(2,38)39)26-16-9-8-15-25(26)32/h5-16,27H,3-4,17-20H2,1-2H3,(H,33,37)/t27-/m0/s1. The van der Waals surface area contributed by atoms with Crippen LogP contribution in [0.2, 0.25) is 10.0 Å². The average Bonchev–Trinajstić information content (AvgIpc) is 2.91. The Morgan fingerprint density at radius 1 is 0.950 bits per heavy atom. The van der Waals surface area contributed by atoms with Crippen molar-refractivity contribution in [1.82, 2.24) is 10.2 Å². The maximum absolute atomic E-state index is 14.7. The highest BCUT2D eigenvalue weighted by Gasteiger charge is 2.34. The van der Waals surface area contributed by atoms with Crippen LogP contribution in [-0.2, 0) is 32.6 Å². The number of nitrogens with zero attached hydrogens (tertiary/aromatic N) is 2. The molecule has 0 radical (unpaired) electrons. The number of unbranched alkanes of at least 4 members (excludes halogenated alkanes) is 1.